The van der Waals surface area contributed by atoms with Crippen molar-refractivity contribution in [2.75, 3.05) is 4.72 Å². The molecule has 0 aliphatic carbocycles. The van der Waals surface area contributed by atoms with E-state index >= 15 is 0 Å². The number of hydrogen-bond donors (Lipinski definition) is 1. The number of nitrogens with one attached hydrogen (secondary N) is 1. The van der Waals surface area contributed by atoms with Crippen LogP contribution in [0.5, 0.6) is 0 Å². The van der Waals surface area contributed by atoms with Crippen LogP contribution in [0.25, 0.3) is 0 Å². The van der Waals surface area contributed by atoms with E-state index in [0.717, 1.165) is 12.1 Å². The Labute approximate surface area is 114 Å². The summed E-state index contributed by atoms with van der Waals surface area (Å²) in [6.07, 6.45) is 0. The fraction of sp³-hybridized carbons (Fsp3) is 0. The molecular formula is C13H8F2N2O2S. The van der Waals surface area contributed by atoms with Gasteiger partial charge in [0.15, 0.2) is 0 Å². The molecule has 0 aliphatic rings. The second kappa shape index (κ2) is 5.27. The van der Waals surface area contributed by atoms with E-state index in [-0.39, 0.29) is 5.69 Å². The SMILES string of the molecule is N#Cc1ccc(NS(=O)(=O)c2ccc(F)cc2F)cc1. The summed E-state index contributed by atoms with van der Waals surface area (Å²) in [7, 11) is -4.15. The Morgan fingerprint density at radius 3 is 2.25 bits per heavy atom. The van der Waals surface area contributed by atoms with Gasteiger partial charge < -0.3 is 0 Å². The topological polar surface area (TPSA) is 70.0 Å². The molecule has 1 N–H and O–H groups in total. The van der Waals surface area contributed by atoms with Crippen LogP contribution in [0.3, 0.4) is 0 Å². The normalized spacial score (nSPS) is 10.8. The molecule has 0 fully saturated rings. The number of sulfonamides is 1. The van der Waals surface area contributed by atoms with Crippen LogP contribution in [0.2, 0.25) is 0 Å². The van der Waals surface area contributed by atoms with Crippen molar-refractivity contribution in [2.45, 2.75) is 4.90 Å². The Morgan fingerprint density at radius 2 is 1.70 bits per heavy atom. The molecule has 0 amide bonds. The van der Waals surface area contributed by atoms with Crippen LogP contribution in [0.4, 0.5) is 14.5 Å². The lowest BCUT2D eigenvalue weighted by Crippen LogP contribution is -2.14. The van der Waals surface area contributed by atoms with Crippen molar-refractivity contribution in [3.8, 4) is 6.07 Å². The van der Waals surface area contributed by atoms with Crippen LogP contribution in [-0.2, 0) is 10.0 Å². The Kier molecular flexibility index (Phi) is 3.68. The van der Waals surface area contributed by atoms with Gasteiger partial charge in [-0.25, -0.2) is 17.2 Å². The summed E-state index contributed by atoms with van der Waals surface area (Å²) in [4.78, 5) is -0.650. The number of benzene rings is 2. The van der Waals surface area contributed by atoms with E-state index in [4.69, 9.17) is 5.26 Å². The Balaban J connectivity index is 2.33. The van der Waals surface area contributed by atoms with Gasteiger partial charge in [-0.05, 0) is 36.4 Å². The average Bonchev–Trinajstić information content (AvgIpc) is 2.38. The number of halogens is 2. The Bertz CT molecular complexity index is 781. The van der Waals surface area contributed by atoms with Crippen LogP contribution in [0.1, 0.15) is 5.56 Å². The van der Waals surface area contributed by atoms with Crippen LogP contribution < -0.4 is 4.72 Å². The predicted molar refractivity (Wildman–Crippen MR) is 68.3 cm³/mol. The maximum Gasteiger partial charge on any atom is 0.264 e. The first-order valence-electron chi connectivity index (χ1n) is 5.40. The van der Waals surface area contributed by atoms with Crippen molar-refractivity contribution in [1.82, 2.24) is 0 Å². The van der Waals surface area contributed by atoms with Crippen molar-refractivity contribution in [1.29, 1.82) is 5.26 Å². The molecule has 4 nitrogen and oxygen atoms in total. The summed E-state index contributed by atoms with van der Waals surface area (Å²) in [5, 5.41) is 8.63. The number of nitriles is 1. The lowest BCUT2D eigenvalue weighted by atomic mass is 10.2. The van der Waals surface area contributed by atoms with Gasteiger partial charge in [0, 0.05) is 11.8 Å². The van der Waals surface area contributed by atoms with E-state index in [2.05, 4.69) is 4.72 Å². The highest BCUT2D eigenvalue weighted by Crippen LogP contribution is 2.19. The van der Waals surface area contributed by atoms with Crippen molar-refractivity contribution in [3.63, 3.8) is 0 Å². The molecule has 102 valence electrons. The van der Waals surface area contributed by atoms with Gasteiger partial charge in [-0.1, -0.05) is 0 Å². The zero-order chi connectivity index (χ0) is 14.8. The molecule has 0 spiro atoms. The number of rotatable bonds is 3. The first-order valence-corrected chi connectivity index (χ1v) is 6.89. The minimum absolute atomic E-state index is 0.174. The number of hydrogen-bond acceptors (Lipinski definition) is 3. The van der Waals surface area contributed by atoms with Crippen LogP contribution >= 0.6 is 0 Å². The molecule has 0 radical (unpaired) electrons. The van der Waals surface area contributed by atoms with Gasteiger partial charge in [0.2, 0.25) is 0 Å². The average molecular weight is 294 g/mol. The standard InChI is InChI=1S/C13H8F2N2O2S/c14-10-3-6-13(12(15)7-10)20(18,19)17-11-4-1-9(8-16)2-5-11/h1-7,17H. The molecule has 0 bridgehead atoms. The summed E-state index contributed by atoms with van der Waals surface area (Å²) in [6.45, 7) is 0. The smallest absolute Gasteiger partial charge is 0.264 e. The molecule has 2 aromatic carbocycles. The third-order valence-electron chi connectivity index (χ3n) is 2.45. The minimum atomic E-state index is -4.15. The highest BCUT2D eigenvalue weighted by Gasteiger charge is 2.19. The largest absolute Gasteiger partial charge is 0.280 e. The van der Waals surface area contributed by atoms with E-state index in [9.17, 15) is 17.2 Å². The van der Waals surface area contributed by atoms with E-state index in [1.807, 2.05) is 6.07 Å². The van der Waals surface area contributed by atoms with Crippen molar-refractivity contribution in [2.24, 2.45) is 0 Å². The molecule has 2 rings (SSSR count). The lowest BCUT2D eigenvalue weighted by Gasteiger charge is -2.08. The van der Waals surface area contributed by atoms with Gasteiger partial charge in [-0.2, -0.15) is 5.26 Å². The molecule has 0 atom stereocenters. The van der Waals surface area contributed by atoms with Gasteiger partial charge in [0.1, 0.15) is 16.5 Å². The molecule has 2 aromatic rings. The molecule has 0 unspecified atom stereocenters. The van der Waals surface area contributed by atoms with Gasteiger partial charge in [0.05, 0.1) is 11.6 Å². The summed E-state index contributed by atoms with van der Waals surface area (Å²) in [5.74, 6) is -2.04. The van der Waals surface area contributed by atoms with Gasteiger partial charge in [0.25, 0.3) is 10.0 Å². The number of anilines is 1. The fourth-order valence-electron chi connectivity index (χ4n) is 1.52. The number of nitrogens with zero attached hydrogens (tertiary/aromatic N) is 1. The first-order chi connectivity index (χ1) is 9.42. The summed E-state index contributed by atoms with van der Waals surface area (Å²) in [6, 6.07) is 9.66. The summed E-state index contributed by atoms with van der Waals surface area (Å²) in [5.41, 5.74) is 0.536. The monoisotopic (exact) mass is 294 g/mol. The van der Waals surface area contributed by atoms with Crippen molar-refractivity contribution >= 4 is 15.7 Å². The Morgan fingerprint density at radius 1 is 1.05 bits per heavy atom. The van der Waals surface area contributed by atoms with Crippen molar-refractivity contribution < 1.29 is 17.2 Å². The molecule has 0 aromatic heterocycles. The minimum Gasteiger partial charge on any atom is -0.280 e. The predicted octanol–water partition coefficient (Wildman–Crippen LogP) is 2.64. The van der Waals surface area contributed by atoms with E-state index in [1.54, 1.807) is 0 Å². The third kappa shape index (κ3) is 2.92. The molecule has 0 saturated heterocycles. The molecular weight excluding hydrogens is 286 g/mol. The van der Waals surface area contributed by atoms with Crippen LogP contribution in [-0.4, -0.2) is 8.42 Å². The third-order valence-corrected chi connectivity index (χ3v) is 3.86. The zero-order valence-electron chi connectivity index (χ0n) is 9.97. The summed E-state index contributed by atoms with van der Waals surface area (Å²) < 4.78 is 52.3. The molecule has 0 heterocycles. The molecule has 20 heavy (non-hydrogen) atoms. The van der Waals surface area contributed by atoms with E-state index < -0.39 is 26.6 Å². The second-order valence-corrected chi connectivity index (χ2v) is 5.52. The fourth-order valence-corrected chi connectivity index (χ4v) is 2.64. The maximum absolute atomic E-state index is 13.5. The first kappa shape index (κ1) is 14.0. The lowest BCUT2D eigenvalue weighted by molar-refractivity contribution is 0.551. The van der Waals surface area contributed by atoms with Gasteiger partial charge >= 0.3 is 0 Å². The van der Waals surface area contributed by atoms with Crippen LogP contribution in [0, 0.1) is 23.0 Å². The second-order valence-electron chi connectivity index (χ2n) is 3.87. The molecule has 0 saturated carbocycles. The van der Waals surface area contributed by atoms with Crippen molar-refractivity contribution in [3.05, 3.63) is 59.7 Å². The highest BCUT2D eigenvalue weighted by atomic mass is 32.2. The van der Waals surface area contributed by atoms with Gasteiger partial charge in [-0.15, -0.1) is 0 Å². The Hall–Kier alpha value is -2.46. The highest BCUT2D eigenvalue weighted by molar-refractivity contribution is 7.92. The maximum atomic E-state index is 13.5. The van der Waals surface area contributed by atoms with E-state index in [1.165, 1.54) is 24.3 Å². The summed E-state index contributed by atoms with van der Waals surface area (Å²) >= 11 is 0. The van der Waals surface area contributed by atoms with Crippen LogP contribution in [0.15, 0.2) is 47.4 Å². The molecule has 0 aliphatic heterocycles. The zero-order valence-corrected chi connectivity index (χ0v) is 10.8. The van der Waals surface area contributed by atoms with Gasteiger partial charge in [-0.3, -0.25) is 4.72 Å². The van der Waals surface area contributed by atoms with E-state index in [0.29, 0.717) is 11.6 Å². The molecule has 7 heteroatoms. The quantitative estimate of drug-likeness (QED) is 0.946.